The van der Waals surface area contributed by atoms with E-state index in [-0.39, 0.29) is 35.8 Å². The first kappa shape index (κ1) is 21.0. The topological polar surface area (TPSA) is 92.3 Å². The summed E-state index contributed by atoms with van der Waals surface area (Å²) in [5, 5.41) is 5.28. The molecule has 1 fully saturated rings. The van der Waals surface area contributed by atoms with Gasteiger partial charge >= 0.3 is 0 Å². The van der Waals surface area contributed by atoms with E-state index in [9.17, 15) is 18.0 Å². The highest BCUT2D eigenvalue weighted by atomic mass is 32.2. The Morgan fingerprint density at radius 1 is 0.966 bits per heavy atom. The van der Waals surface area contributed by atoms with Gasteiger partial charge in [0.15, 0.2) is 9.84 Å². The van der Waals surface area contributed by atoms with Crippen LogP contribution in [0.2, 0.25) is 0 Å². The molecule has 0 bridgehead atoms. The van der Waals surface area contributed by atoms with Crippen LogP contribution in [-0.4, -0.2) is 31.2 Å². The van der Waals surface area contributed by atoms with Crippen molar-refractivity contribution in [2.45, 2.75) is 43.9 Å². The van der Waals surface area contributed by atoms with E-state index >= 15 is 0 Å². The van der Waals surface area contributed by atoms with Gasteiger partial charge in [0.25, 0.3) is 5.91 Å². The van der Waals surface area contributed by atoms with E-state index in [2.05, 4.69) is 10.6 Å². The van der Waals surface area contributed by atoms with Gasteiger partial charge in [-0.2, -0.15) is 0 Å². The number of benzene rings is 2. The van der Waals surface area contributed by atoms with Crippen molar-refractivity contribution in [3.63, 3.8) is 0 Å². The molecule has 0 unspecified atom stereocenters. The van der Waals surface area contributed by atoms with Crippen LogP contribution in [0.25, 0.3) is 0 Å². The Hall–Kier alpha value is -2.67. The molecule has 3 rings (SSSR count). The van der Waals surface area contributed by atoms with Gasteiger partial charge in [-0.3, -0.25) is 9.59 Å². The van der Waals surface area contributed by atoms with Crippen LogP contribution in [0.5, 0.6) is 0 Å². The average molecular weight is 415 g/mol. The first-order chi connectivity index (χ1) is 13.9. The predicted octanol–water partition coefficient (Wildman–Crippen LogP) is 3.30. The van der Waals surface area contributed by atoms with E-state index in [0.29, 0.717) is 24.1 Å². The van der Waals surface area contributed by atoms with Gasteiger partial charge in [0, 0.05) is 24.2 Å². The van der Waals surface area contributed by atoms with Crippen molar-refractivity contribution in [3.05, 3.63) is 65.7 Å². The van der Waals surface area contributed by atoms with Crippen molar-refractivity contribution in [2.75, 3.05) is 11.1 Å². The zero-order chi connectivity index (χ0) is 20.7. The summed E-state index contributed by atoms with van der Waals surface area (Å²) in [5.41, 5.74) is 1.97. The number of nitrogens with one attached hydrogen (secondary N) is 2. The van der Waals surface area contributed by atoms with E-state index in [1.165, 1.54) is 0 Å². The summed E-state index contributed by atoms with van der Waals surface area (Å²) in [5.74, 6) is -0.638. The molecular formula is C22H26N2O4S. The second-order valence-electron chi connectivity index (χ2n) is 7.32. The van der Waals surface area contributed by atoms with Crippen LogP contribution in [-0.2, 0) is 21.2 Å². The number of hydrogen-bond donors (Lipinski definition) is 2. The molecule has 2 amide bonds. The fourth-order valence-electron chi connectivity index (χ4n) is 3.49. The van der Waals surface area contributed by atoms with Crippen molar-refractivity contribution in [3.8, 4) is 0 Å². The molecule has 0 atom stereocenters. The Labute approximate surface area is 171 Å². The van der Waals surface area contributed by atoms with E-state index < -0.39 is 9.84 Å². The minimum absolute atomic E-state index is 0.0347. The second kappa shape index (κ2) is 9.69. The van der Waals surface area contributed by atoms with Gasteiger partial charge in [0.2, 0.25) is 5.91 Å². The van der Waals surface area contributed by atoms with Crippen molar-refractivity contribution >= 4 is 27.3 Å². The zero-order valence-corrected chi connectivity index (χ0v) is 17.1. The molecule has 0 aliphatic heterocycles. The van der Waals surface area contributed by atoms with Gasteiger partial charge in [-0.25, -0.2) is 8.42 Å². The fourth-order valence-corrected chi connectivity index (χ4v) is 5.34. The number of carbonyl (C=O) groups excluding carboxylic acids is 2. The number of sulfone groups is 1. The van der Waals surface area contributed by atoms with E-state index in [4.69, 9.17) is 0 Å². The van der Waals surface area contributed by atoms with Gasteiger partial charge in [-0.15, -0.1) is 0 Å². The van der Waals surface area contributed by atoms with E-state index in [0.717, 1.165) is 18.4 Å². The van der Waals surface area contributed by atoms with Gasteiger partial charge in [-0.1, -0.05) is 43.2 Å². The lowest BCUT2D eigenvalue weighted by Gasteiger charge is -2.11. The van der Waals surface area contributed by atoms with Gasteiger partial charge in [0.05, 0.1) is 11.0 Å². The minimum Gasteiger partial charge on any atom is -0.352 e. The van der Waals surface area contributed by atoms with Crippen molar-refractivity contribution < 1.29 is 18.0 Å². The Kier molecular flexibility index (Phi) is 7.04. The van der Waals surface area contributed by atoms with E-state index in [1.807, 2.05) is 36.4 Å². The summed E-state index contributed by atoms with van der Waals surface area (Å²) in [6, 6.07) is 16.2. The third-order valence-corrected chi connectivity index (χ3v) is 7.39. The molecule has 2 aromatic carbocycles. The molecule has 7 heteroatoms. The average Bonchev–Trinajstić information content (AvgIpc) is 3.28. The molecule has 2 N–H and O–H groups in total. The van der Waals surface area contributed by atoms with Crippen molar-refractivity contribution in [2.24, 2.45) is 0 Å². The summed E-state index contributed by atoms with van der Waals surface area (Å²) in [6.07, 6.45) is 3.28. The molecular weight excluding hydrogens is 388 g/mol. The molecule has 0 saturated heterocycles. The van der Waals surface area contributed by atoms with Crippen molar-refractivity contribution in [1.29, 1.82) is 0 Å². The molecule has 1 saturated carbocycles. The quantitative estimate of drug-likeness (QED) is 0.693. The number of rotatable bonds is 8. The molecule has 0 radical (unpaired) electrons. The highest BCUT2D eigenvalue weighted by molar-refractivity contribution is 7.92. The summed E-state index contributed by atoms with van der Waals surface area (Å²) in [7, 11) is -3.20. The third-order valence-electron chi connectivity index (χ3n) is 5.13. The van der Waals surface area contributed by atoms with Crippen molar-refractivity contribution in [1.82, 2.24) is 5.32 Å². The summed E-state index contributed by atoms with van der Waals surface area (Å²) in [6.45, 7) is 0.245. The predicted molar refractivity (Wildman–Crippen MR) is 113 cm³/mol. The second-order valence-corrected chi connectivity index (χ2v) is 9.72. The Morgan fingerprint density at radius 3 is 2.41 bits per heavy atom. The maximum Gasteiger partial charge on any atom is 0.255 e. The smallest absolute Gasteiger partial charge is 0.255 e. The zero-order valence-electron chi connectivity index (χ0n) is 16.3. The largest absolute Gasteiger partial charge is 0.352 e. The summed E-state index contributed by atoms with van der Waals surface area (Å²) in [4.78, 5) is 24.5. The van der Waals surface area contributed by atoms with Crippen LogP contribution >= 0.6 is 0 Å². The molecule has 0 heterocycles. The monoisotopic (exact) mass is 414 g/mol. The molecule has 1 aliphatic carbocycles. The van der Waals surface area contributed by atoms with Gasteiger partial charge in [-0.05, 0) is 42.7 Å². The first-order valence-corrected chi connectivity index (χ1v) is 11.6. The molecule has 0 aromatic heterocycles. The lowest BCUT2D eigenvalue weighted by molar-refractivity contribution is -0.120. The standard InChI is InChI=1S/C22H26N2O4S/c25-21(13-14-29(27,28)20-11-4-5-12-20)23-16-17-7-6-8-18(15-17)22(26)24-19-9-2-1-3-10-19/h1-3,6-10,15,20H,4-5,11-14,16H2,(H,23,25)(H,24,26). The lowest BCUT2D eigenvalue weighted by Crippen LogP contribution is -2.28. The molecule has 6 nitrogen and oxygen atoms in total. The van der Waals surface area contributed by atoms with Gasteiger partial charge in [0.1, 0.15) is 0 Å². The van der Waals surface area contributed by atoms with Gasteiger partial charge < -0.3 is 10.6 Å². The number of amides is 2. The summed E-state index contributed by atoms with van der Waals surface area (Å²) >= 11 is 0. The molecule has 29 heavy (non-hydrogen) atoms. The lowest BCUT2D eigenvalue weighted by atomic mass is 10.1. The third kappa shape index (κ3) is 6.15. The highest BCUT2D eigenvalue weighted by Crippen LogP contribution is 2.25. The van der Waals surface area contributed by atoms with Crippen LogP contribution in [0, 0.1) is 0 Å². The number of anilines is 1. The molecule has 1 aliphatic rings. The molecule has 2 aromatic rings. The highest BCUT2D eigenvalue weighted by Gasteiger charge is 2.28. The van der Waals surface area contributed by atoms with E-state index in [1.54, 1.807) is 18.2 Å². The molecule has 154 valence electrons. The minimum atomic E-state index is -3.20. The summed E-state index contributed by atoms with van der Waals surface area (Å²) < 4.78 is 24.5. The molecule has 0 spiro atoms. The normalized spacial score (nSPS) is 14.5. The first-order valence-electron chi connectivity index (χ1n) is 9.88. The Morgan fingerprint density at radius 2 is 1.69 bits per heavy atom. The van der Waals surface area contributed by atoms with Crippen LogP contribution < -0.4 is 10.6 Å². The van der Waals surface area contributed by atoms with Crippen LogP contribution in [0.15, 0.2) is 54.6 Å². The maximum absolute atomic E-state index is 12.4. The van der Waals surface area contributed by atoms with Crippen LogP contribution in [0.1, 0.15) is 48.0 Å². The fraction of sp³-hybridized carbons (Fsp3) is 0.364. The van der Waals surface area contributed by atoms with Crippen LogP contribution in [0.3, 0.4) is 0 Å². The number of carbonyl (C=O) groups is 2. The Bertz CT molecular complexity index is 952. The maximum atomic E-state index is 12.4. The number of hydrogen-bond acceptors (Lipinski definition) is 4. The number of para-hydroxylation sites is 1. The van der Waals surface area contributed by atoms with Crippen LogP contribution in [0.4, 0.5) is 5.69 Å². The SMILES string of the molecule is O=C(CCS(=O)(=O)C1CCCC1)NCc1cccc(C(=O)Nc2ccccc2)c1. The Balaban J connectivity index is 1.49.